The summed E-state index contributed by atoms with van der Waals surface area (Å²) in [6, 6.07) is 7.49. The number of aryl methyl sites for hydroxylation is 1. The zero-order chi connectivity index (χ0) is 16.5. The Morgan fingerprint density at radius 2 is 2.22 bits per heavy atom. The van der Waals surface area contributed by atoms with Crippen LogP contribution >= 0.6 is 11.8 Å². The van der Waals surface area contributed by atoms with Gasteiger partial charge in [0.1, 0.15) is 11.8 Å². The topological polar surface area (TPSA) is 67.4 Å². The van der Waals surface area contributed by atoms with E-state index in [9.17, 15) is 9.59 Å². The molecule has 23 heavy (non-hydrogen) atoms. The number of nitrogens with one attached hydrogen (secondary N) is 2. The molecule has 6 heteroatoms. The maximum absolute atomic E-state index is 11.9. The van der Waals surface area contributed by atoms with E-state index < -0.39 is 0 Å². The second kappa shape index (κ2) is 9.45. The van der Waals surface area contributed by atoms with Gasteiger partial charge in [-0.05, 0) is 37.8 Å². The summed E-state index contributed by atoms with van der Waals surface area (Å²) in [6.45, 7) is 3.27. The molecule has 2 amide bonds. The number of benzene rings is 1. The molecule has 1 aliphatic heterocycles. The Hall–Kier alpha value is -1.69. The fraction of sp³-hybridized carbons (Fsp3) is 0.529. The van der Waals surface area contributed by atoms with Crippen molar-refractivity contribution in [3.8, 4) is 5.75 Å². The van der Waals surface area contributed by atoms with Crippen LogP contribution in [0.4, 0.5) is 0 Å². The molecule has 1 aromatic carbocycles. The van der Waals surface area contributed by atoms with Crippen molar-refractivity contribution < 1.29 is 14.3 Å². The summed E-state index contributed by atoms with van der Waals surface area (Å²) in [7, 11) is 0. The number of hydrogen-bond donors (Lipinski definition) is 2. The Morgan fingerprint density at radius 1 is 1.39 bits per heavy atom. The van der Waals surface area contributed by atoms with Crippen molar-refractivity contribution in [3.05, 3.63) is 29.8 Å². The van der Waals surface area contributed by atoms with Gasteiger partial charge in [-0.15, -0.1) is 11.8 Å². The highest BCUT2D eigenvalue weighted by Gasteiger charge is 2.21. The predicted molar refractivity (Wildman–Crippen MR) is 92.8 cm³/mol. The van der Waals surface area contributed by atoms with Crippen molar-refractivity contribution in [2.75, 3.05) is 24.7 Å². The molecule has 0 aromatic heterocycles. The lowest BCUT2D eigenvalue weighted by Gasteiger charge is -2.15. The van der Waals surface area contributed by atoms with E-state index in [1.54, 1.807) is 0 Å². The molecule has 1 aromatic rings. The van der Waals surface area contributed by atoms with Gasteiger partial charge >= 0.3 is 0 Å². The molecule has 0 radical (unpaired) electrons. The monoisotopic (exact) mass is 336 g/mol. The van der Waals surface area contributed by atoms with Crippen LogP contribution in [0.15, 0.2) is 24.3 Å². The second-order valence-electron chi connectivity index (χ2n) is 5.57. The average Bonchev–Trinajstić information content (AvgIpc) is 2.74. The minimum absolute atomic E-state index is 0.0660. The Labute approximate surface area is 141 Å². The minimum Gasteiger partial charge on any atom is -0.492 e. The fourth-order valence-electron chi connectivity index (χ4n) is 2.41. The summed E-state index contributed by atoms with van der Waals surface area (Å²) >= 11 is 1.51. The van der Waals surface area contributed by atoms with Gasteiger partial charge in [0.15, 0.2) is 0 Å². The first-order valence-corrected chi connectivity index (χ1v) is 9.15. The van der Waals surface area contributed by atoms with Gasteiger partial charge in [-0.2, -0.15) is 0 Å². The first kappa shape index (κ1) is 17.7. The lowest BCUT2D eigenvalue weighted by atomic mass is 10.1. The maximum atomic E-state index is 11.9. The Balaban J connectivity index is 1.61. The fourth-order valence-corrected chi connectivity index (χ4v) is 3.02. The van der Waals surface area contributed by atoms with E-state index in [1.165, 1.54) is 11.8 Å². The van der Waals surface area contributed by atoms with Gasteiger partial charge in [-0.3, -0.25) is 9.59 Å². The van der Waals surface area contributed by atoms with Crippen LogP contribution < -0.4 is 15.4 Å². The first-order valence-electron chi connectivity index (χ1n) is 8.00. The summed E-state index contributed by atoms with van der Waals surface area (Å²) in [6.07, 6.45) is 2.66. The molecule has 1 atom stereocenters. The van der Waals surface area contributed by atoms with Gasteiger partial charge in [0.05, 0.1) is 12.4 Å². The molecule has 0 saturated carbocycles. The van der Waals surface area contributed by atoms with E-state index in [0.717, 1.165) is 36.3 Å². The Kier molecular flexibility index (Phi) is 7.26. The van der Waals surface area contributed by atoms with Crippen molar-refractivity contribution in [1.82, 2.24) is 10.6 Å². The summed E-state index contributed by atoms with van der Waals surface area (Å²) in [4.78, 5) is 23.7. The molecule has 0 spiro atoms. The van der Waals surface area contributed by atoms with Crippen molar-refractivity contribution >= 4 is 23.6 Å². The molecule has 0 bridgehead atoms. The minimum atomic E-state index is -0.381. The van der Waals surface area contributed by atoms with Gasteiger partial charge in [0.2, 0.25) is 11.8 Å². The number of rotatable bonds is 7. The van der Waals surface area contributed by atoms with E-state index in [2.05, 4.69) is 10.6 Å². The second-order valence-corrected chi connectivity index (χ2v) is 6.68. The van der Waals surface area contributed by atoms with Gasteiger partial charge in [-0.25, -0.2) is 0 Å². The van der Waals surface area contributed by atoms with Crippen LogP contribution in [0.1, 0.15) is 24.8 Å². The van der Waals surface area contributed by atoms with Gasteiger partial charge in [0.25, 0.3) is 0 Å². The van der Waals surface area contributed by atoms with Crippen molar-refractivity contribution in [3.63, 3.8) is 0 Å². The zero-order valence-corrected chi connectivity index (χ0v) is 14.3. The molecular weight excluding hydrogens is 312 g/mol. The van der Waals surface area contributed by atoms with E-state index >= 15 is 0 Å². The molecule has 0 unspecified atom stereocenters. The third-order valence-corrected chi connectivity index (χ3v) is 4.60. The Morgan fingerprint density at radius 3 is 3.04 bits per heavy atom. The highest BCUT2D eigenvalue weighted by molar-refractivity contribution is 7.99. The molecule has 0 aliphatic carbocycles. The summed E-state index contributed by atoms with van der Waals surface area (Å²) in [5, 5.41) is 5.63. The van der Waals surface area contributed by atoms with Gasteiger partial charge < -0.3 is 15.4 Å². The van der Waals surface area contributed by atoms with Crippen LogP contribution in [-0.4, -0.2) is 42.5 Å². The number of carbonyl (C=O) groups is 2. The van der Waals surface area contributed by atoms with Gasteiger partial charge in [-0.1, -0.05) is 18.2 Å². The third kappa shape index (κ3) is 6.14. The first-order chi connectivity index (χ1) is 11.2. The van der Waals surface area contributed by atoms with E-state index in [1.807, 2.05) is 31.2 Å². The van der Waals surface area contributed by atoms with Crippen molar-refractivity contribution in [2.45, 2.75) is 32.2 Å². The van der Waals surface area contributed by atoms with E-state index in [4.69, 9.17) is 4.74 Å². The molecule has 2 N–H and O–H groups in total. The number of thioether (sulfide) groups is 1. The summed E-state index contributed by atoms with van der Waals surface area (Å²) in [5.74, 6) is 1.81. The van der Waals surface area contributed by atoms with Crippen LogP contribution in [0.2, 0.25) is 0 Å². The number of carbonyl (C=O) groups excluding carboxylic acids is 2. The largest absolute Gasteiger partial charge is 0.492 e. The zero-order valence-electron chi connectivity index (χ0n) is 13.5. The van der Waals surface area contributed by atoms with E-state index in [-0.39, 0.29) is 17.9 Å². The van der Waals surface area contributed by atoms with Crippen LogP contribution in [0.3, 0.4) is 0 Å². The van der Waals surface area contributed by atoms with Crippen LogP contribution in [-0.2, 0) is 9.59 Å². The van der Waals surface area contributed by atoms with Crippen LogP contribution in [0.25, 0.3) is 0 Å². The Bertz CT molecular complexity index is 536. The molecule has 1 heterocycles. The van der Waals surface area contributed by atoms with Crippen molar-refractivity contribution in [1.29, 1.82) is 0 Å². The number of ether oxygens (including phenoxy) is 1. The highest BCUT2D eigenvalue weighted by Crippen LogP contribution is 2.16. The number of para-hydroxylation sites is 1. The summed E-state index contributed by atoms with van der Waals surface area (Å²) in [5.41, 5.74) is 1.11. The van der Waals surface area contributed by atoms with Crippen molar-refractivity contribution in [2.24, 2.45) is 0 Å². The maximum Gasteiger partial charge on any atom is 0.242 e. The normalized spacial score (nSPS) is 18.0. The standard InChI is InChI=1S/C17H24N2O3S/c1-13-6-2-3-8-15(13)22-10-11-23-12-16(20)19-14-7-4-5-9-18-17(14)21/h2-3,6,8,14H,4-5,7,9-12H2,1H3,(H,18,21)(H,19,20)/t14-/m1/s1. The molecule has 1 fully saturated rings. The average molecular weight is 336 g/mol. The molecule has 1 aliphatic rings. The van der Waals surface area contributed by atoms with E-state index in [0.29, 0.717) is 18.9 Å². The lowest BCUT2D eigenvalue weighted by Crippen LogP contribution is -2.46. The molecule has 1 saturated heterocycles. The molecule has 2 rings (SSSR count). The highest BCUT2D eigenvalue weighted by atomic mass is 32.2. The number of hydrogen-bond acceptors (Lipinski definition) is 4. The molecule has 5 nitrogen and oxygen atoms in total. The molecule has 126 valence electrons. The molecular formula is C17H24N2O3S. The predicted octanol–water partition coefficient (Wildman–Crippen LogP) is 1.89. The van der Waals surface area contributed by atoms with Crippen LogP contribution in [0.5, 0.6) is 5.75 Å². The van der Waals surface area contributed by atoms with Crippen LogP contribution in [0, 0.1) is 6.92 Å². The SMILES string of the molecule is Cc1ccccc1OCCSCC(=O)N[C@@H]1CCCCNC1=O. The quantitative estimate of drug-likeness (QED) is 0.746. The summed E-state index contributed by atoms with van der Waals surface area (Å²) < 4.78 is 5.69. The lowest BCUT2D eigenvalue weighted by molar-refractivity contribution is -0.127. The number of amides is 2. The third-order valence-electron chi connectivity index (χ3n) is 3.68. The van der Waals surface area contributed by atoms with Gasteiger partial charge in [0, 0.05) is 12.3 Å². The smallest absolute Gasteiger partial charge is 0.242 e.